The monoisotopic (exact) mass is 335 g/mol. The minimum atomic E-state index is -1.09. The smallest absolute Gasteiger partial charge is 0.410 e. The van der Waals surface area contributed by atoms with Crippen LogP contribution in [0.25, 0.3) is 0 Å². The number of halogens is 1. The molecular formula is C19H26FNO3. The third-order valence-electron chi connectivity index (χ3n) is 4.95. The number of hydrogen-bond acceptors (Lipinski definition) is 3. The molecule has 2 unspecified atom stereocenters. The lowest BCUT2D eigenvalue weighted by Gasteiger charge is -2.44. The van der Waals surface area contributed by atoms with Crippen LogP contribution in [0.15, 0.2) is 18.2 Å². The second kappa shape index (κ2) is 5.73. The van der Waals surface area contributed by atoms with Gasteiger partial charge in [-0.25, -0.2) is 9.18 Å². The third-order valence-corrected chi connectivity index (χ3v) is 4.95. The Morgan fingerprint density at radius 3 is 2.33 bits per heavy atom. The van der Waals surface area contributed by atoms with E-state index in [1.54, 1.807) is 4.90 Å². The molecule has 2 fully saturated rings. The standard InChI is InChI=1S/C19H26FNO3/c1-12-7-13(9-14(20)8-12)19(23)10-15-5-6-16(11-19)21(15)17(22)24-18(2,3)4/h7-9,15-16,23H,5-6,10-11H2,1-4H3. The summed E-state index contributed by atoms with van der Waals surface area (Å²) in [6.45, 7) is 7.37. The number of ether oxygens (including phenoxy) is 1. The minimum absolute atomic E-state index is 0.0628. The molecular weight excluding hydrogens is 309 g/mol. The van der Waals surface area contributed by atoms with Crippen molar-refractivity contribution in [2.24, 2.45) is 0 Å². The Labute approximate surface area is 142 Å². The molecule has 1 amide bonds. The molecule has 132 valence electrons. The van der Waals surface area contributed by atoms with Crippen LogP contribution in [0.4, 0.5) is 9.18 Å². The Morgan fingerprint density at radius 1 is 1.25 bits per heavy atom. The summed E-state index contributed by atoms with van der Waals surface area (Å²) in [5.74, 6) is -0.333. The lowest BCUT2D eigenvalue weighted by Crippen LogP contribution is -2.53. The van der Waals surface area contributed by atoms with Gasteiger partial charge in [0.05, 0.1) is 5.60 Å². The van der Waals surface area contributed by atoms with E-state index in [0.717, 1.165) is 18.4 Å². The topological polar surface area (TPSA) is 49.8 Å². The van der Waals surface area contributed by atoms with Crippen molar-refractivity contribution in [1.82, 2.24) is 4.90 Å². The van der Waals surface area contributed by atoms with Gasteiger partial charge in [0.15, 0.2) is 0 Å². The molecule has 0 aliphatic carbocycles. The maximum absolute atomic E-state index is 13.8. The molecule has 1 aromatic carbocycles. The van der Waals surface area contributed by atoms with E-state index >= 15 is 0 Å². The SMILES string of the molecule is Cc1cc(F)cc(C2(O)CC3CCC(C2)N3C(=O)OC(C)(C)C)c1. The van der Waals surface area contributed by atoms with Crippen LogP contribution in [0.5, 0.6) is 0 Å². The summed E-state index contributed by atoms with van der Waals surface area (Å²) in [7, 11) is 0. The normalized spacial score (nSPS) is 29.7. The van der Waals surface area contributed by atoms with Crippen LogP contribution < -0.4 is 0 Å². The second-order valence-electron chi connectivity index (χ2n) is 8.23. The molecule has 0 radical (unpaired) electrons. The molecule has 2 bridgehead atoms. The van der Waals surface area contributed by atoms with E-state index < -0.39 is 11.2 Å². The van der Waals surface area contributed by atoms with Crippen LogP contribution in [0, 0.1) is 12.7 Å². The fraction of sp³-hybridized carbons (Fsp3) is 0.632. The predicted molar refractivity (Wildman–Crippen MR) is 89.2 cm³/mol. The van der Waals surface area contributed by atoms with E-state index in [0.29, 0.717) is 18.4 Å². The van der Waals surface area contributed by atoms with Crippen molar-refractivity contribution in [2.45, 2.75) is 76.7 Å². The van der Waals surface area contributed by atoms with Crippen LogP contribution in [0.2, 0.25) is 0 Å². The summed E-state index contributed by atoms with van der Waals surface area (Å²) >= 11 is 0. The van der Waals surface area contributed by atoms with Gasteiger partial charge in [0.1, 0.15) is 11.4 Å². The molecule has 0 aromatic heterocycles. The maximum atomic E-state index is 13.8. The average Bonchev–Trinajstić information content (AvgIpc) is 2.69. The largest absolute Gasteiger partial charge is 0.444 e. The number of carbonyl (C=O) groups excluding carboxylic acids is 1. The zero-order valence-corrected chi connectivity index (χ0v) is 14.8. The van der Waals surface area contributed by atoms with Gasteiger partial charge in [0, 0.05) is 24.9 Å². The molecule has 1 aromatic rings. The molecule has 2 aliphatic heterocycles. The summed E-state index contributed by atoms with van der Waals surface area (Å²) in [6, 6.07) is 4.58. The van der Waals surface area contributed by atoms with Crippen LogP contribution in [-0.2, 0) is 10.3 Å². The van der Waals surface area contributed by atoms with Crippen molar-refractivity contribution in [3.63, 3.8) is 0 Å². The van der Waals surface area contributed by atoms with Gasteiger partial charge >= 0.3 is 6.09 Å². The summed E-state index contributed by atoms with van der Waals surface area (Å²) < 4.78 is 19.3. The highest BCUT2D eigenvalue weighted by atomic mass is 19.1. The van der Waals surface area contributed by atoms with Gasteiger partial charge in [-0.15, -0.1) is 0 Å². The molecule has 2 heterocycles. The number of nitrogens with zero attached hydrogens (tertiary/aromatic N) is 1. The van der Waals surface area contributed by atoms with Crippen LogP contribution in [0.3, 0.4) is 0 Å². The zero-order chi connectivity index (χ0) is 17.7. The quantitative estimate of drug-likeness (QED) is 0.847. The predicted octanol–water partition coefficient (Wildman–Crippen LogP) is 3.88. The summed E-state index contributed by atoms with van der Waals surface area (Å²) in [5.41, 5.74) is -0.220. The van der Waals surface area contributed by atoms with Gasteiger partial charge in [-0.1, -0.05) is 6.07 Å². The molecule has 2 saturated heterocycles. The number of aryl methyl sites for hydroxylation is 1. The molecule has 3 rings (SSSR count). The molecule has 2 aliphatic rings. The van der Waals surface area contributed by atoms with Crippen molar-refractivity contribution in [1.29, 1.82) is 0 Å². The van der Waals surface area contributed by atoms with E-state index in [1.165, 1.54) is 12.1 Å². The molecule has 5 heteroatoms. The fourth-order valence-corrected chi connectivity index (χ4v) is 4.08. The van der Waals surface area contributed by atoms with E-state index in [1.807, 2.05) is 33.8 Å². The highest BCUT2D eigenvalue weighted by Gasteiger charge is 2.51. The molecule has 0 spiro atoms. The van der Waals surface area contributed by atoms with E-state index in [4.69, 9.17) is 4.74 Å². The minimum Gasteiger partial charge on any atom is -0.444 e. The lowest BCUT2D eigenvalue weighted by molar-refractivity contribution is -0.0626. The van der Waals surface area contributed by atoms with Crippen molar-refractivity contribution >= 4 is 6.09 Å². The summed E-state index contributed by atoms with van der Waals surface area (Å²) in [5, 5.41) is 11.2. The fourth-order valence-electron chi connectivity index (χ4n) is 4.08. The zero-order valence-electron chi connectivity index (χ0n) is 14.8. The highest BCUT2D eigenvalue weighted by molar-refractivity contribution is 5.69. The number of piperidine rings is 1. The Morgan fingerprint density at radius 2 is 1.83 bits per heavy atom. The number of aliphatic hydroxyl groups is 1. The molecule has 24 heavy (non-hydrogen) atoms. The molecule has 0 saturated carbocycles. The van der Waals surface area contributed by atoms with E-state index in [9.17, 15) is 14.3 Å². The van der Waals surface area contributed by atoms with Gasteiger partial charge in [0.25, 0.3) is 0 Å². The van der Waals surface area contributed by atoms with Crippen LogP contribution in [0.1, 0.15) is 57.6 Å². The number of benzene rings is 1. The molecule has 2 atom stereocenters. The Balaban J connectivity index is 1.83. The van der Waals surface area contributed by atoms with Gasteiger partial charge in [0.2, 0.25) is 0 Å². The second-order valence-corrected chi connectivity index (χ2v) is 8.23. The number of carbonyl (C=O) groups is 1. The van der Waals surface area contributed by atoms with Crippen LogP contribution in [-0.4, -0.2) is 33.8 Å². The average molecular weight is 335 g/mol. The van der Waals surface area contributed by atoms with Crippen molar-refractivity contribution in [2.75, 3.05) is 0 Å². The third kappa shape index (κ3) is 3.27. The van der Waals surface area contributed by atoms with E-state index in [-0.39, 0.29) is 24.0 Å². The van der Waals surface area contributed by atoms with Gasteiger partial charge in [-0.3, -0.25) is 0 Å². The number of hydrogen-bond donors (Lipinski definition) is 1. The number of amides is 1. The first-order valence-corrected chi connectivity index (χ1v) is 8.59. The Hall–Kier alpha value is -1.62. The first-order chi connectivity index (χ1) is 11.1. The first-order valence-electron chi connectivity index (χ1n) is 8.59. The van der Waals surface area contributed by atoms with Gasteiger partial charge in [-0.2, -0.15) is 0 Å². The van der Waals surface area contributed by atoms with E-state index in [2.05, 4.69) is 0 Å². The summed E-state index contributed by atoms with van der Waals surface area (Å²) in [6.07, 6.45) is 2.23. The maximum Gasteiger partial charge on any atom is 0.410 e. The summed E-state index contributed by atoms with van der Waals surface area (Å²) in [4.78, 5) is 14.3. The van der Waals surface area contributed by atoms with Crippen molar-refractivity contribution < 1.29 is 19.0 Å². The molecule has 1 N–H and O–H groups in total. The number of fused-ring (bicyclic) bond motifs is 2. The molecule has 4 nitrogen and oxygen atoms in total. The highest BCUT2D eigenvalue weighted by Crippen LogP contribution is 2.46. The first kappa shape index (κ1) is 17.2. The van der Waals surface area contributed by atoms with Gasteiger partial charge in [-0.05, 0) is 63.8 Å². The Kier molecular flexibility index (Phi) is 4.11. The van der Waals surface area contributed by atoms with Gasteiger partial charge < -0.3 is 14.7 Å². The van der Waals surface area contributed by atoms with Crippen LogP contribution >= 0.6 is 0 Å². The number of rotatable bonds is 1. The lowest BCUT2D eigenvalue weighted by atomic mass is 9.80. The van der Waals surface area contributed by atoms with Crippen molar-refractivity contribution in [3.05, 3.63) is 35.1 Å². The van der Waals surface area contributed by atoms with Crippen molar-refractivity contribution in [3.8, 4) is 0 Å². The Bertz CT molecular complexity index is 618.